The van der Waals surface area contributed by atoms with Gasteiger partial charge in [0.1, 0.15) is 5.65 Å². The van der Waals surface area contributed by atoms with Gasteiger partial charge in [0.05, 0.1) is 17.3 Å². The van der Waals surface area contributed by atoms with Crippen molar-refractivity contribution in [3.63, 3.8) is 0 Å². The minimum Gasteiger partial charge on any atom is -0.306 e. The van der Waals surface area contributed by atoms with Crippen molar-refractivity contribution in [3.8, 4) is 0 Å². The van der Waals surface area contributed by atoms with E-state index in [-0.39, 0.29) is 0 Å². The summed E-state index contributed by atoms with van der Waals surface area (Å²) >= 11 is 0. The number of piperidine rings is 1. The molecule has 0 N–H and O–H groups in total. The Kier molecular flexibility index (Phi) is 3.34. The van der Waals surface area contributed by atoms with E-state index in [2.05, 4.69) is 18.0 Å². The molecule has 1 atom stereocenters. The van der Waals surface area contributed by atoms with Gasteiger partial charge in [-0.25, -0.2) is 4.98 Å². The smallest absolute Gasteiger partial charge is 0.153 e. The Hall–Kier alpha value is -1.68. The van der Waals surface area contributed by atoms with Crippen LogP contribution in [0.3, 0.4) is 0 Å². The highest BCUT2D eigenvalue weighted by molar-refractivity contribution is 5.84. The second-order valence-corrected chi connectivity index (χ2v) is 5.12. The van der Waals surface area contributed by atoms with Gasteiger partial charge in [-0.1, -0.05) is 13.3 Å². The maximum absolute atomic E-state index is 11.1. The summed E-state index contributed by atoms with van der Waals surface area (Å²) in [5.41, 5.74) is 2.53. The van der Waals surface area contributed by atoms with Crippen LogP contribution in [0.25, 0.3) is 5.65 Å². The van der Waals surface area contributed by atoms with Crippen LogP contribution < -0.4 is 0 Å². The summed E-state index contributed by atoms with van der Waals surface area (Å²) in [5, 5.41) is 0. The number of rotatable bonds is 3. The first-order valence-corrected chi connectivity index (χ1v) is 7.00. The summed E-state index contributed by atoms with van der Waals surface area (Å²) in [7, 11) is 0. The van der Waals surface area contributed by atoms with Crippen LogP contribution in [0.4, 0.5) is 0 Å². The van der Waals surface area contributed by atoms with Crippen LogP contribution in [0.5, 0.6) is 0 Å². The van der Waals surface area contributed by atoms with Crippen LogP contribution in [0.1, 0.15) is 48.3 Å². The first-order chi connectivity index (χ1) is 9.33. The fourth-order valence-corrected chi connectivity index (χ4v) is 3.01. The van der Waals surface area contributed by atoms with Crippen molar-refractivity contribution in [2.75, 3.05) is 13.1 Å². The molecule has 1 fully saturated rings. The molecule has 1 saturated heterocycles. The molecule has 2 aromatic heterocycles. The Balaban J connectivity index is 2.02. The van der Waals surface area contributed by atoms with Gasteiger partial charge in [-0.2, -0.15) is 0 Å². The van der Waals surface area contributed by atoms with Gasteiger partial charge in [-0.15, -0.1) is 0 Å². The summed E-state index contributed by atoms with van der Waals surface area (Å²) < 4.78 is 1.96. The molecule has 0 bridgehead atoms. The van der Waals surface area contributed by atoms with Gasteiger partial charge in [0.2, 0.25) is 0 Å². The van der Waals surface area contributed by atoms with Crippen molar-refractivity contribution < 1.29 is 4.79 Å². The van der Waals surface area contributed by atoms with Crippen LogP contribution >= 0.6 is 0 Å². The van der Waals surface area contributed by atoms with Crippen molar-refractivity contribution in [1.29, 1.82) is 0 Å². The fraction of sp³-hybridized carbons (Fsp3) is 0.467. The lowest BCUT2D eigenvalue weighted by atomic mass is 10.00. The molecule has 3 rings (SSSR count). The minimum absolute atomic E-state index is 0.401. The molecule has 0 radical (unpaired) electrons. The van der Waals surface area contributed by atoms with Crippen molar-refractivity contribution in [2.24, 2.45) is 0 Å². The van der Waals surface area contributed by atoms with E-state index < -0.39 is 0 Å². The number of aromatic nitrogens is 2. The molecular weight excluding hydrogens is 238 g/mol. The van der Waals surface area contributed by atoms with Crippen LogP contribution in [0.2, 0.25) is 0 Å². The third kappa shape index (κ3) is 2.16. The summed E-state index contributed by atoms with van der Waals surface area (Å²) in [6.07, 6.45) is 8.60. The molecule has 0 spiro atoms. The maximum atomic E-state index is 11.1. The van der Waals surface area contributed by atoms with Crippen molar-refractivity contribution >= 4 is 11.9 Å². The van der Waals surface area contributed by atoms with Gasteiger partial charge in [0.15, 0.2) is 6.29 Å². The largest absolute Gasteiger partial charge is 0.306 e. The van der Waals surface area contributed by atoms with Gasteiger partial charge in [0, 0.05) is 12.4 Å². The number of likely N-dealkylation sites (tertiary alicyclic amines) is 1. The average molecular weight is 257 g/mol. The third-order valence-corrected chi connectivity index (χ3v) is 4.02. The van der Waals surface area contributed by atoms with Gasteiger partial charge in [-0.05, 0) is 38.1 Å². The Morgan fingerprint density at radius 2 is 2.37 bits per heavy atom. The number of carbonyl (C=O) groups excluding carboxylic acids is 1. The van der Waals surface area contributed by atoms with Gasteiger partial charge < -0.3 is 4.40 Å². The Bertz CT molecular complexity index is 590. The molecule has 3 heterocycles. The molecular formula is C15H19N3O. The topological polar surface area (TPSA) is 37.6 Å². The number of fused-ring (bicyclic) bond motifs is 1. The predicted molar refractivity (Wildman–Crippen MR) is 74.4 cm³/mol. The van der Waals surface area contributed by atoms with Crippen LogP contribution in [0, 0.1) is 0 Å². The molecule has 0 aromatic carbocycles. The zero-order valence-electron chi connectivity index (χ0n) is 11.2. The zero-order valence-corrected chi connectivity index (χ0v) is 11.2. The van der Waals surface area contributed by atoms with Crippen molar-refractivity contribution in [3.05, 3.63) is 35.8 Å². The Morgan fingerprint density at radius 1 is 1.47 bits per heavy atom. The van der Waals surface area contributed by atoms with Crippen LogP contribution in [0.15, 0.2) is 24.5 Å². The molecule has 1 unspecified atom stereocenters. The number of pyridine rings is 1. The first kappa shape index (κ1) is 12.4. The molecule has 0 saturated carbocycles. The zero-order chi connectivity index (χ0) is 13.2. The second kappa shape index (κ2) is 5.13. The Labute approximate surface area is 113 Å². The Morgan fingerprint density at radius 3 is 3.16 bits per heavy atom. The first-order valence-electron chi connectivity index (χ1n) is 7.00. The molecule has 0 amide bonds. The van der Waals surface area contributed by atoms with E-state index in [1.807, 2.05) is 22.7 Å². The maximum Gasteiger partial charge on any atom is 0.153 e. The number of nitrogens with zero attached hydrogens (tertiary/aromatic N) is 3. The number of imidazole rings is 1. The van der Waals surface area contributed by atoms with E-state index in [9.17, 15) is 4.79 Å². The predicted octanol–water partition coefficient (Wildman–Crippen LogP) is 2.69. The van der Waals surface area contributed by atoms with Crippen molar-refractivity contribution in [2.45, 2.75) is 32.2 Å². The number of hydrogen-bond acceptors (Lipinski definition) is 3. The van der Waals surface area contributed by atoms with Crippen molar-refractivity contribution in [1.82, 2.24) is 14.3 Å². The highest BCUT2D eigenvalue weighted by Crippen LogP contribution is 2.30. The highest BCUT2D eigenvalue weighted by Gasteiger charge is 2.25. The molecule has 4 heteroatoms. The summed E-state index contributed by atoms with van der Waals surface area (Å²) in [6.45, 7) is 4.40. The van der Waals surface area contributed by atoms with Crippen LogP contribution in [-0.4, -0.2) is 33.7 Å². The molecule has 1 aliphatic rings. The third-order valence-electron chi connectivity index (χ3n) is 4.02. The molecule has 1 aliphatic heterocycles. The normalized spacial score (nSPS) is 20.8. The van der Waals surface area contributed by atoms with E-state index in [0.717, 1.165) is 37.1 Å². The van der Waals surface area contributed by atoms with E-state index >= 15 is 0 Å². The van der Waals surface area contributed by atoms with Gasteiger partial charge in [0.25, 0.3) is 0 Å². The molecule has 100 valence electrons. The number of aldehydes is 1. The summed E-state index contributed by atoms with van der Waals surface area (Å²) in [4.78, 5) is 18.2. The van der Waals surface area contributed by atoms with Gasteiger partial charge >= 0.3 is 0 Å². The lowest BCUT2D eigenvalue weighted by Crippen LogP contribution is -2.33. The standard InChI is InChI=1S/C15H19N3O/c1-2-17-8-4-3-7-14(17)13-10-18-9-5-6-12(11-19)15(18)16-13/h5-6,9-11,14H,2-4,7-8H2,1H3. The van der Waals surface area contributed by atoms with Crippen LogP contribution in [-0.2, 0) is 0 Å². The van der Waals surface area contributed by atoms with Gasteiger partial charge in [-0.3, -0.25) is 9.69 Å². The summed E-state index contributed by atoms with van der Waals surface area (Å²) in [5.74, 6) is 0. The lowest BCUT2D eigenvalue weighted by Gasteiger charge is -2.33. The molecule has 2 aromatic rings. The van der Waals surface area contributed by atoms with E-state index in [1.165, 1.54) is 12.8 Å². The average Bonchev–Trinajstić information content (AvgIpc) is 2.90. The second-order valence-electron chi connectivity index (χ2n) is 5.12. The van der Waals surface area contributed by atoms with E-state index in [0.29, 0.717) is 11.6 Å². The molecule has 0 aliphatic carbocycles. The number of hydrogen-bond donors (Lipinski definition) is 0. The minimum atomic E-state index is 0.401. The monoisotopic (exact) mass is 257 g/mol. The lowest BCUT2D eigenvalue weighted by molar-refractivity contribution is 0.112. The highest BCUT2D eigenvalue weighted by atomic mass is 16.1. The van der Waals surface area contributed by atoms with E-state index in [1.54, 1.807) is 0 Å². The van der Waals surface area contributed by atoms with E-state index in [4.69, 9.17) is 4.98 Å². The fourth-order valence-electron chi connectivity index (χ4n) is 3.01. The number of carbonyl (C=O) groups is 1. The molecule has 4 nitrogen and oxygen atoms in total. The SMILES string of the molecule is CCN1CCCCC1c1cn2cccc(C=O)c2n1. The quantitative estimate of drug-likeness (QED) is 0.793. The molecule has 19 heavy (non-hydrogen) atoms. The summed E-state index contributed by atoms with van der Waals surface area (Å²) in [6, 6.07) is 4.11.